The van der Waals surface area contributed by atoms with Crippen LogP contribution in [-0.2, 0) is 4.74 Å². The fourth-order valence-electron chi connectivity index (χ4n) is 5.23. The average molecular weight is 567 g/mol. The van der Waals surface area contributed by atoms with Crippen LogP contribution in [0.3, 0.4) is 0 Å². The smallest absolute Gasteiger partial charge is 0.335 e. The number of nitrogens with zero attached hydrogens (tertiary/aromatic N) is 7. The Bertz CT molecular complexity index is 1560. The quantitative estimate of drug-likeness (QED) is 0.345. The molecule has 214 valence electrons. The minimum atomic E-state index is -2.88. The van der Waals surface area contributed by atoms with E-state index < -0.39 is 24.0 Å². The van der Waals surface area contributed by atoms with E-state index in [2.05, 4.69) is 25.4 Å². The maximum absolute atomic E-state index is 14.0. The number of benzene rings is 1. The lowest BCUT2D eigenvalue weighted by atomic mass is 10.0. The number of carbonyl (C=O) groups is 2. The molecule has 6 rings (SSSR count). The van der Waals surface area contributed by atoms with Crippen LogP contribution in [0.15, 0.2) is 48.9 Å². The van der Waals surface area contributed by atoms with Gasteiger partial charge in [0.05, 0.1) is 36.7 Å². The highest BCUT2D eigenvalue weighted by molar-refractivity contribution is 6.08. The maximum Gasteiger partial charge on any atom is 0.335 e. The van der Waals surface area contributed by atoms with Crippen LogP contribution in [0.5, 0.6) is 0 Å². The number of amides is 1. The number of fused-ring (bicyclic) bond motifs is 1. The highest BCUT2D eigenvalue weighted by Crippen LogP contribution is 2.32. The number of anilines is 3. The zero-order valence-electron chi connectivity index (χ0n) is 22.0. The van der Waals surface area contributed by atoms with Gasteiger partial charge in [0.2, 0.25) is 0 Å². The highest BCUT2D eigenvalue weighted by Gasteiger charge is 2.27. The number of morpholine rings is 1. The van der Waals surface area contributed by atoms with Crippen LogP contribution in [0.25, 0.3) is 5.65 Å². The number of ether oxygens (including phenoxy) is 1. The van der Waals surface area contributed by atoms with E-state index in [1.54, 1.807) is 30.5 Å². The molecule has 0 bridgehead atoms. The van der Waals surface area contributed by atoms with Crippen molar-refractivity contribution in [2.45, 2.75) is 25.3 Å². The first-order chi connectivity index (χ1) is 19.9. The molecule has 2 fully saturated rings. The van der Waals surface area contributed by atoms with Crippen molar-refractivity contribution in [3.05, 3.63) is 65.7 Å². The number of hydrogen-bond donors (Lipinski definition) is 2. The van der Waals surface area contributed by atoms with Gasteiger partial charge in [0.1, 0.15) is 11.4 Å². The van der Waals surface area contributed by atoms with Gasteiger partial charge in [-0.1, -0.05) is 0 Å². The van der Waals surface area contributed by atoms with Gasteiger partial charge < -0.3 is 25.0 Å². The number of hydrogen-bond acceptors (Lipinski definition) is 8. The van der Waals surface area contributed by atoms with Crippen molar-refractivity contribution in [2.24, 2.45) is 0 Å². The SMILES string of the molecule is O=C(O)c1ccc(N2CCC(n3cc(NC(=O)c4cnn5ccc(N6CCOCC6)nc45)c(C(F)F)n3)CC2)cc1. The topological polar surface area (TPSA) is 130 Å². The number of halogens is 2. The summed E-state index contributed by atoms with van der Waals surface area (Å²) < 4.78 is 36.3. The van der Waals surface area contributed by atoms with Crippen LogP contribution in [0, 0.1) is 0 Å². The van der Waals surface area contributed by atoms with Gasteiger partial charge >= 0.3 is 5.97 Å². The van der Waals surface area contributed by atoms with Gasteiger partial charge in [-0.2, -0.15) is 10.2 Å². The van der Waals surface area contributed by atoms with Crippen molar-refractivity contribution in [1.82, 2.24) is 24.4 Å². The lowest BCUT2D eigenvalue weighted by Gasteiger charge is -2.33. The summed E-state index contributed by atoms with van der Waals surface area (Å²) in [6.45, 7) is 3.79. The predicted molar refractivity (Wildman–Crippen MR) is 145 cm³/mol. The number of carbonyl (C=O) groups excluding carboxylic acids is 1. The van der Waals surface area contributed by atoms with E-state index >= 15 is 0 Å². The zero-order chi connectivity index (χ0) is 28.5. The third-order valence-electron chi connectivity index (χ3n) is 7.47. The molecule has 2 saturated heterocycles. The number of carboxylic acid groups (broad SMARTS) is 1. The van der Waals surface area contributed by atoms with Gasteiger partial charge in [-0.15, -0.1) is 0 Å². The van der Waals surface area contributed by atoms with Gasteiger partial charge in [-0.05, 0) is 43.2 Å². The second kappa shape index (κ2) is 11.1. The summed E-state index contributed by atoms with van der Waals surface area (Å²) in [6, 6.07) is 8.32. The van der Waals surface area contributed by atoms with Gasteiger partial charge in [0, 0.05) is 44.3 Å². The monoisotopic (exact) mass is 566 g/mol. The van der Waals surface area contributed by atoms with Gasteiger partial charge in [-0.3, -0.25) is 9.48 Å². The average Bonchev–Trinajstić information content (AvgIpc) is 3.62. The predicted octanol–water partition coefficient (Wildman–Crippen LogP) is 3.49. The van der Waals surface area contributed by atoms with Crippen LogP contribution in [0.2, 0.25) is 0 Å². The Morgan fingerprint density at radius 2 is 1.76 bits per heavy atom. The first-order valence-corrected chi connectivity index (χ1v) is 13.3. The molecule has 0 radical (unpaired) electrons. The van der Waals surface area contributed by atoms with Crippen molar-refractivity contribution in [1.29, 1.82) is 0 Å². The van der Waals surface area contributed by atoms with E-state index in [1.165, 1.54) is 21.6 Å². The van der Waals surface area contributed by atoms with Gasteiger partial charge in [0.25, 0.3) is 12.3 Å². The van der Waals surface area contributed by atoms with E-state index in [9.17, 15) is 18.4 Å². The molecule has 0 unspecified atom stereocenters. The largest absolute Gasteiger partial charge is 0.478 e. The standard InChI is InChI=1S/C27H28F2N8O4/c28-24(29)23-21(16-37(33-23)19-5-8-34(9-6-19)18-3-1-17(2-4-18)27(39)40)31-26(38)20-15-30-36-10-7-22(32-25(20)36)35-11-13-41-14-12-35/h1-4,7,10,15-16,19,24H,5-6,8-9,11-14H2,(H,31,38)(H,39,40). The summed E-state index contributed by atoms with van der Waals surface area (Å²) in [5.41, 5.74) is 1.04. The number of rotatable bonds is 7. The molecule has 1 amide bonds. The summed E-state index contributed by atoms with van der Waals surface area (Å²) in [5.74, 6) is -0.907. The van der Waals surface area contributed by atoms with Gasteiger partial charge in [-0.25, -0.2) is 23.1 Å². The Morgan fingerprint density at radius 3 is 2.44 bits per heavy atom. The van der Waals surface area contributed by atoms with Crippen LogP contribution in [-0.4, -0.2) is 80.8 Å². The Labute approximate surface area is 233 Å². The van der Waals surface area contributed by atoms with Crippen LogP contribution < -0.4 is 15.1 Å². The lowest BCUT2D eigenvalue weighted by molar-refractivity contribution is 0.0696. The Balaban J connectivity index is 1.17. The van der Waals surface area contributed by atoms with E-state index in [4.69, 9.17) is 9.84 Å². The molecular weight excluding hydrogens is 538 g/mol. The summed E-state index contributed by atoms with van der Waals surface area (Å²) in [7, 11) is 0. The summed E-state index contributed by atoms with van der Waals surface area (Å²) >= 11 is 0. The number of carboxylic acids is 1. The fourth-order valence-corrected chi connectivity index (χ4v) is 5.23. The minimum Gasteiger partial charge on any atom is -0.478 e. The molecule has 2 aliphatic heterocycles. The third kappa shape index (κ3) is 5.42. The summed E-state index contributed by atoms with van der Waals surface area (Å²) in [4.78, 5) is 33.1. The molecule has 4 aromatic rings. The van der Waals surface area contributed by atoms with Crippen molar-refractivity contribution >= 4 is 34.7 Å². The van der Waals surface area contributed by atoms with Crippen molar-refractivity contribution in [3.8, 4) is 0 Å². The second-order valence-corrected chi connectivity index (χ2v) is 9.94. The number of aromatic nitrogens is 5. The zero-order valence-corrected chi connectivity index (χ0v) is 22.0. The number of alkyl halides is 2. The molecule has 0 atom stereocenters. The summed E-state index contributed by atoms with van der Waals surface area (Å²) in [5, 5.41) is 20.1. The van der Waals surface area contributed by atoms with Crippen LogP contribution in [0.1, 0.15) is 51.7 Å². The van der Waals surface area contributed by atoms with E-state index in [-0.39, 0.29) is 22.9 Å². The molecule has 0 aliphatic carbocycles. The molecule has 0 saturated carbocycles. The second-order valence-electron chi connectivity index (χ2n) is 9.94. The number of nitrogens with one attached hydrogen (secondary N) is 1. The molecule has 5 heterocycles. The molecule has 3 aromatic heterocycles. The maximum atomic E-state index is 14.0. The molecule has 2 aliphatic rings. The Morgan fingerprint density at radius 1 is 1.02 bits per heavy atom. The lowest BCUT2D eigenvalue weighted by Crippen LogP contribution is -2.36. The molecule has 2 N–H and O–H groups in total. The van der Waals surface area contributed by atoms with Crippen molar-refractivity contribution < 1.29 is 28.2 Å². The normalized spacial score (nSPS) is 16.5. The van der Waals surface area contributed by atoms with E-state index in [1.807, 2.05) is 11.0 Å². The molecular formula is C27H28F2N8O4. The molecule has 0 spiro atoms. The van der Waals surface area contributed by atoms with Gasteiger partial charge in [0.15, 0.2) is 11.3 Å². The fraction of sp³-hybridized carbons (Fsp3) is 0.370. The number of aromatic carboxylic acids is 1. The van der Waals surface area contributed by atoms with Crippen LogP contribution >= 0.6 is 0 Å². The molecule has 12 nitrogen and oxygen atoms in total. The van der Waals surface area contributed by atoms with Crippen LogP contribution in [0.4, 0.5) is 26.0 Å². The summed E-state index contributed by atoms with van der Waals surface area (Å²) in [6.07, 6.45) is 2.93. The molecule has 14 heteroatoms. The van der Waals surface area contributed by atoms with E-state index in [0.29, 0.717) is 63.7 Å². The molecule has 41 heavy (non-hydrogen) atoms. The first kappa shape index (κ1) is 26.6. The third-order valence-corrected chi connectivity index (χ3v) is 7.47. The minimum absolute atomic E-state index is 0.0552. The molecule has 1 aromatic carbocycles. The van der Waals surface area contributed by atoms with Crippen molar-refractivity contribution in [2.75, 3.05) is 54.5 Å². The highest BCUT2D eigenvalue weighted by atomic mass is 19.3. The number of piperidine rings is 1. The Kier molecular flexibility index (Phi) is 7.22. The first-order valence-electron chi connectivity index (χ1n) is 13.3. The van der Waals surface area contributed by atoms with Crippen molar-refractivity contribution in [3.63, 3.8) is 0 Å². The van der Waals surface area contributed by atoms with E-state index in [0.717, 1.165) is 5.69 Å². The Hall–Kier alpha value is -4.59.